The maximum atomic E-state index is 12.0. The third-order valence-electron chi connectivity index (χ3n) is 6.37. The smallest absolute Gasteiger partial charge is 1.00 e. The van der Waals surface area contributed by atoms with E-state index in [1.165, 1.54) is 77.0 Å². The third-order valence-corrected chi connectivity index (χ3v) is 6.37. The van der Waals surface area contributed by atoms with Crippen molar-refractivity contribution in [1.82, 2.24) is 0 Å². The zero-order valence-electron chi connectivity index (χ0n) is 31.2. The molecule has 0 saturated carbocycles. The minimum absolute atomic E-state index is 0. The van der Waals surface area contributed by atoms with Crippen LogP contribution in [0.25, 0.3) is 0 Å². The Morgan fingerprint density at radius 1 is 0.500 bits per heavy atom. The molecule has 40 heavy (non-hydrogen) atoms. The van der Waals surface area contributed by atoms with Gasteiger partial charge >= 0.3 is 142 Å². The number of carbonyl (C=O) groups excluding carboxylic acids is 4. The molecule has 1 atom stereocenters. The van der Waals surface area contributed by atoms with Crippen LogP contribution in [0.3, 0.4) is 0 Å². The molecule has 0 rings (SSSR count). The molecule has 218 valence electrons. The van der Waals surface area contributed by atoms with Gasteiger partial charge in [-0.15, -0.1) is 0 Å². The van der Waals surface area contributed by atoms with Gasteiger partial charge in [0.1, 0.15) is 6.04 Å². The largest absolute Gasteiger partial charge is 1.00 e. The van der Waals surface area contributed by atoms with Crippen molar-refractivity contribution in [3.8, 4) is 0 Å². The Bertz CT molecular complexity index is 630. The topological polar surface area (TPSA) is 113 Å². The van der Waals surface area contributed by atoms with E-state index in [9.17, 15) is 19.2 Å². The van der Waals surface area contributed by atoms with Crippen LogP contribution < -0.4 is 124 Å². The van der Waals surface area contributed by atoms with E-state index in [0.29, 0.717) is 12.8 Å². The maximum absolute atomic E-state index is 12.0. The molecule has 0 aromatic rings. The third kappa shape index (κ3) is 36.4. The number of hydrogen-bond acceptors (Lipinski definition) is 7. The Morgan fingerprint density at radius 2 is 0.800 bits per heavy atom. The van der Waals surface area contributed by atoms with Gasteiger partial charge in [-0.3, -0.25) is 14.4 Å². The summed E-state index contributed by atoms with van der Waals surface area (Å²) in [7, 11) is 0. The molecule has 7 nitrogen and oxygen atoms in total. The number of ether oxygens (including phenoxy) is 2. The first-order valence-corrected chi connectivity index (χ1v) is 14.6. The van der Waals surface area contributed by atoms with E-state index in [2.05, 4.69) is 13.8 Å². The van der Waals surface area contributed by atoms with Gasteiger partial charge in [0.15, 0.2) is 0 Å². The molecular weight excluding hydrogens is 550 g/mol. The van der Waals surface area contributed by atoms with Crippen LogP contribution in [0.2, 0.25) is 0 Å². The number of carbonyl (C=O) groups is 4. The SMILES string of the molecule is CCCCCCCCCCCC(=O)OC(=O)CC[C@H](N)C(=O)OC(=O)CCCCCCCCCCC.[H-].[H-].[H-].[H-].[Na+].[Na+].[Na+].[Na+]. The van der Waals surface area contributed by atoms with Crippen molar-refractivity contribution in [2.45, 2.75) is 161 Å². The average molecular weight is 608 g/mol. The summed E-state index contributed by atoms with van der Waals surface area (Å²) < 4.78 is 9.58. The fourth-order valence-electron chi connectivity index (χ4n) is 4.02. The Labute approximate surface area is 339 Å². The summed E-state index contributed by atoms with van der Waals surface area (Å²) in [6, 6.07) is -1.10. The first-order chi connectivity index (χ1) is 17.4. The Kier molecular flexibility index (Phi) is 50.8. The van der Waals surface area contributed by atoms with Crippen molar-refractivity contribution in [3.63, 3.8) is 0 Å². The van der Waals surface area contributed by atoms with Crippen LogP contribution in [-0.2, 0) is 28.7 Å². The fourth-order valence-corrected chi connectivity index (χ4v) is 4.02. The number of hydrogen-bond donors (Lipinski definition) is 1. The van der Waals surface area contributed by atoms with E-state index in [1.807, 2.05) is 0 Å². The van der Waals surface area contributed by atoms with Crippen molar-refractivity contribution in [2.24, 2.45) is 5.73 Å². The molecule has 0 aromatic carbocycles. The molecule has 0 aliphatic heterocycles. The molecule has 0 fully saturated rings. The van der Waals surface area contributed by atoms with Crippen LogP contribution in [0.15, 0.2) is 0 Å². The molecule has 0 aliphatic carbocycles. The summed E-state index contributed by atoms with van der Waals surface area (Å²) in [5.41, 5.74) is 5.73. The number of rotatable bonds is 24. The van der Waals surface area contributed by atoms with Crippen molar-refractivity contribution < 1.29 is 153 Å². The molecule has 2 N–H and O–H groups in total. The van der Waals surface area contributed by atoms with Gasteiger partial charge in [0.25, 0.3) is 0 Å². The normalized spacial score (nSPS) is 10.6. The summed E-state index contributed by atoms with van der Waals surface area (Å²) in [4.78, 5) is 47.4. The van der Waals surface area contributed by atoms with Crippen molar-refractivity contribution in [1.29, 1.82) is 0 Å². The van der Waals surface area contributed by atoms with Crippen LogP contribution in [0.5, 0.6) is 0 Å². The van der Waals surface area contributed by atoms with Crippen molar-refractivity contribution in [3.05, 3.63) is 0 Å². The Morgan fingerprint density at radius 3 is 1.18 bits per heavy atom. The van der Waals surface area contributed by atoms with Gasteiger partial charge in [-0.25, -0.2) is 4.79 Å². The van der Waals surface area contributed by atoms with E-state index in [4.69, 9.17) is 15.2 Å². The minimum Gasteiger partial charge on any atom is -1.00 e. The molecular formula is C29H57NNa4O6. The van der Waals surface area contributed by atoms with Crippen LogP contribution in [0.4, 0.5) is 0 Å². The van der Waals surface area contributed by atoms with Gasteiger partial charge in [-0.1, -0.05) is 117 Å². The van der Waals surface area contributed by atoms with Crippen molar-refractivity contribution >= 4 is 23.9 Å². The molecule has 0 unspecified atom stereocenters. The van der Waals surface area contributed by atoms with Gasteiger partial charge in [0.2, 0.25) is 0 Å². The summed E-state index contributed by atoms with van der Waals surface area (Å²) >= 11 is 0. The van der Waals surface area contributed by atoms with E-state index in [0.717, 1.165) is 25.7 Å². The second kappa shape index (κ2) is 39.3. The fraction of sp³-hybridized carbons (Fsp3) is 0.862. The van der Waals surface area contributed by atoms with E-state index >= 15 is 0 Å². The second-order valence-electron chi connectivity index (χ2n) is 9.94. The van der Waals surface area contributed by atoms with E-state index in [1.54, 1.807) is 0 Å². The summed E-state index contributed by atoms with van der Waals surface area (Å²) in [5.74, 6) is -2.68. The Hall–Kier alpha value is 2.24. The van der Waals surface area contributed by atoms with Gasteiger partial charge in [-0.2, -0.15) is 0 Å². The quantitative estimate of drug-likeness (QED) is 0.0510. The second-order valence-corrected chi connectivity index (χ2v) is 9.94. The molecule has 0 saturated heterocycles. The summed E-state index contributed by atoms with van der Waals surface area (Å²) in [6.07, 6.45) is 20.6. The predicted molar refractivity (Wildman–Crippen MR) is 148 cm³/mol. The van der Waals surface area contributed by atoms with Crippen LogP contribution in [-0.4, -0.2) is 29.9 Å². The van der Waals surface area contributed by atoms with Gasteiger partial charge in [0, 0.05) is 19.3 Å². The number of esters is 4. The van der Waals surface area contributed by atoms with Crippen LogP contribution >= 0.6 is 0 Å². The Balaban J connectivity index is -0.000000219. The molecule has 0 aromatic heterocycles. The van der Waals surface area contributed by atoms with Gasteiger partial charge < -0.3 is 20.9 Å². The van der Waals surface area contributed by atoms with Crippen LogP contribution in [0.1, 0.15) is 161 Å². The van der Waals surface area contributed by atoms with E-state index in [-0.39, 0.29) is 150 Å². The molecule has 0 radical (unpaired) electrons. The zero-order chi connectivity index (χ0) is 26.9. The van der Waals surface area contributed by atoms with Gasteiger partial charge in [-0.05, 0) is 19.3 Å². The number of nitrogens with two attached hydrogens (primary N) is 1. The first-order valence-electron chi connectivity index (χ1n) is 14.6. The minimum atomic E-state index is -1.10. The first kappa shape index (κ1) is 51.8. The predicted octanol–water partition coefficient (Wildman–Crippen LogP) is -4.46. The van der Waals surface area contributed by atoms with Crippen molar-refractivity contribution in [2.75, 3.05) is 0 Å². The molecule has 0 bridgehead atoms. The molecule has 0 spiro atoms. The summed E-state index contributed by atoms with van der Waals surface area (Å²) in [6.45, 7) is 4.40. The average Bonchev–Trinajstić information content (AvgIpc) is 2.85. The molecule has 0 amide bonds. The monoisotopic (exact) mass is 607 g/mol. The van der Waals surface area contributed by atoms with E-state index < -0.39 is 29.9 Å². The molecule has 11 heteroatoms. The standard InChI is InChI=1S/C29H53NO6.4Na.4H/c1-3-5-7-9-11-13-15-17-19-21-26(31)35-28(33)24-23-25(30)29(34)36-27(32)22-20-18-16-14-12-10-8-6-4-2;;;;;;;;/h25H,3-24,30H2,1-2H3;;;;;;;;/q;4*+1;4*-1/t25-;;;;;;;;/m0......../s1. The molecule has 0 aliphatic rings. The molecule has 0 heterocycles. The number of unbranched alkanes of at least 4 members (excludes halogenated alkanes) is 16. The zero-order valence-corrected chi connectivity index (χ0v) is 35.2. The maximum Gasteiger partial charge on any atom is 1.00 e. The van der Waals surface area contributed by atoms with Gasteiger partial charge in [0.05, 0.1) is 0 Å². The summed E-state index contributed by atoms with van der Waals surface area (Å²) in [5, 5.41) is 0. The van der Waals surface area contributed by atoms with Crippen LogP contribution in [0, 0.1) is 0 Å².